The summed E-state index contributed by atoms with van der Waals surface area (Å²) in [5.74, 6) is -1.08. The van der Waals surface area contributed by atoms with Crippen molar-refractivity contribution in [2.24, 2.45) is 0 Å². The summed E-state index contributed by atoms with van der Waals surface area (Å²) >= 11 is 0. The number of hydrogen-bond acceptors (Lipinski definition) is 4. The van der Waals surface area contributed by atoms with Crippen molar-refractivity contribution < 1.29 is 31.1 Å². The van der Waals surface area contributed by atoms with Gasteiger partial charge in [-0.2, -0.15) is 26.3 Å². The second kappa shape index (κ2) is 5.94. The van der Waals surface area contributed by atoms with Gasteiger partial charge in [-0.25, -0.2) is 9.97 Å². The molecule has 0 saturated carbocycles. The second-order valence-electron chi connectivity index (χ2n) is 4.43. The summed E-state index contributed by atoms with van der Waals surface area (Å²) in [7, 11) is 1.43. The molecule has 1 aromatic heterocycles. The fourth-order valence-corrected chi connectivity index (χ4v) is 1.62. The predicted molar refractivity (Wildman–Crippen MR) is 62.2 cm³/mol. The molecule has 4 nitrogen and oxygen atoms in total. The molecule has 0 aliphatic carbocycles. The van der Waals surface area contributed by atoms with Crippen LogP contribution in [0.4, 0.5) is 32.2 Å². The summed E-state index contributed by atoms with van der Waals surface area (Å²) < 4.78 is 79.2. The Morgan fingerprint density at radius 1 is 1.05 bits per heavy atom. The zero-order valence-corrected chi connectivity index (χ0v) is 11.3. The van der Waals surface area contributed by atoms with Gasteiger partial charge in [-0.05, 0) is 5.92 Å². The number of alkyl halides is 6. The topological polar surface area (TPSA) is 47.0 Å². The number of anilines is 1. The summed E-state index contributed by atoms with van der Waals surface area (Å²) in [6.45, 7) is 3.14. The van der Waals surface area contributed by atoms with Crippen molar-refractivity contribution in [2.45, 2.75) is 38.2 Å². The minimum absolute atomic E-state index is 0.0403. The molecule has 1 aromatic rings. The highest BCUT2D eigenvalue weighted by atomic mass is 19.4. The average molecular weight is 317 g/mol. The number of nitrogens with zero attached hydrogens (tertiary/aromatic N) is 2. The van der Waals surface area contributed by atoms with Gasteiger partial charge in [0.05, 0.1) is 5.56 Å². The summed E-state index contributed by atoms with van der Waals surface area (Å²) in [6.07, 6.45) is -14.3. The Hall–Kier alpha value is -1.74. The number of halogens is 6. The van der Waals surface area contributed by atoms with Crippen LogP contribution in [0.1, 0.15) is 25.3 Å². The van der Waals surface area contributed by atoms with E-state index < -0.39 is 30.3 Å². The van der Waals surface area contributed by atoms with E-state index in [-0.39, 0.29) is 11.4 Å². The minimum Gasteiger partial charge on any atom is -0.454 e. The van der Waals surface area contributed by atoms with E-state index in [1.807, 2.05) is 0 Å². The van der Waals surface area contributed by atoms with Crippen molar-refractivity contribution in [3.8, 4) is 5.88 Å². The van der Waals surface area contributed by atoms with Crippen LogP contribution in [0.5, 0.6) is 5.88 Å². The molecule has 0 saturated heterocycles. The first-order valence-corrected chi connectivity index (χ1v) is 5.81. The monoisotopic (exact) mass is 317 g/mol. The zero-order valence-electron chi connectivity index (χ0n) is 11.3. The van der Waals surface area contributed by atoms with Gasteiger partial charge < -0.3 is 10.1 Å². The largest absolute Gasteiger partial charge is 0.454 e. The summed E-state index contributed by atoms with van der Waals surface area (Å²) in [6, 6.07) is 0. The van der Waals surface area contributed by atoms with E-state index in [2.05, 4.69) is 20.0 Å². The molecule has 0 amide bonds. The van der Waals surface area contributed by atoms with Crippen LogP contribution in [0.3, 0.4) is 0 Å². The Morgan fingerprint density at radius 2 is 1.57 bits per heavy atom. The number of hydrogen-bond donors (Lipinski definition) is 1. The Balaban J connectivity index is 3.28. The maximum atomic E-state index is 12.5. The molecule has 0 aromatic carbocycles. The summed E-state index contributed by atoms with van der Waals surface area (Å²) in [5, 5.41) is 2.57. The highest BCUT2D eigenvalue weighted by Crippen LogP contribution is 2.38. The highest BCUT2D eigenvalue weighted by Gasteiger charge is 2.59. The van der Waals surface area contributed by atoms with E-state index in [1.165, 1.54) is 7.05 Å². The summed E-state index contributed by atoms with van der Waals surface area (Å²) in [4.78, 5) is 7.15. The van der Waals surface area contributed by atoms with Crippen LogP contribution in [0.25, 0.3) is 0 Å². The molecule has 1 N–H and O–H groups in total. The number of nitrogens with one attached hydrogen (secondary N) is 1. The third kappa shape index (κ3) is 4.11. The van der Waals surface area contributed by atoms with Gasteiger partial charge in [0.1, 0.15) is 12.1 Å². The highest BCUT2D eigenvalue weighted by molar-refractivity contribution is 5.50. The number of rotatable bonds is 4. The molecule has 10 heteroatoms. The predicted octanol–water partition coefficient (Wildman–Crippen LogP) is 3.51. The fraction of sp³-hybridized carbons (Fsp3) is 0.636. The van der Waals surface area contributed by atoms with Gasteiger partial charge in [0.15, 0.2) is 0 Å². The van der Waals surface area contributed by atoms with E-state index in [1.54, 1.807) is 13.8 Å². The molecule has 0 aliphatic rings. The molecule has 0 unspecified atom stereocenters. The quantitative estimate of drug-likeness (QED) is 0.863. The van der Waals surface area contributed by atoms with Crippen LogP contribution in [0.2, 0.25) is 0 Å². The first-order chi connectivity index (χ1) is 9.48. The van der Waals surface area contributed by atoms with Gasteiger partial charge in [-0.3, -0.25) is 0 Å². The third-order valence-electron chi connectivity index (χ3n) is 2.49. The van der Waals surface area contributed by atoms with Gasteiger partial charge >= 0.3 is 12.4 Å². The van der Waals surface area contributed by atoms with Gasteiger partial charge in [-0.15, -0.1) is 0 Å². The molecular weight excluding hydrogens is 304 g/mol. The van der Waals surface area contributed by atoms with Crippen LogP contribution in [0, 0.1) is 0 Å². The molecule has 1 heterocycles. The lowest BCUT2D eigenvalue weighted by atomic mass is 10.1. The van der Waals surface area contributed by atoms with Gasteiger partial charge in [0.25, 0.3) is 6.10 Å². The fourth-order valence-electron chi connectivity index (χ4n) is 1.62. The van der Waals surface area contributed by atoms with Crippen molar-refractivity contribution in [1.29, 1.82) is 0 Å². The van der Waals surface area contributed by atoms with Crippen molar-refractivity contribution in [1.82, 2.24) is 9.97 Å². The normalized spacial score (nSPS) is 12.9. The molecule has 0 bridgehead atoms. The Bertz CT molecular complexity index is 472. The van der Waals surface area contributed by atoms with Crippen LogP contribution >= 0.6 is 0 Å². The van der Waals surface area contributed by atoms with Crippen molar-refractivity contribution in [2.75, 3.05) is 12.4 Å². The van der Waals surface area contributed by atoms with Crippen LogP contribution in [-0.4, -0.2) is 35.5 Å². The van der Waals surface area contributed by atoms with Crippen LogP contribution in [0.15, 0.2) is 6.33 Å². The van der Waals surface area contributed by atoms with Crippen LogP contribution < -0.4 is 10.1 Å². The standard InChI is InChI=1S/C11H13F6N3O/c1-5(2)6-7(18-3)19-4-20-8(6)21-9(10(12,13)14)11(15,16)17/h4-5,9H,1-3H3,(H,18,19,20). The van der Waals surface area contributed by atoms with Gasteiger partial charge in [0.2, 0.25) is 5.88 Å². The molecule has 0 spiro atoms. The molecular formula is C11H13F6N3O. The average Bonchev–Trinajstić information content (AvgIpc) is 2.32. The molecule has 0 fully saturated rings. The molecule has 0 aliphatic heterocycles. The van der Waals surface area contributed by atoms with Crippen molar-refractivity contribution in [3.63, 3.8) is 0 Å². The van der Waals surface area contributed by atoms with Gasteiger partial charge in [-0.1, -0.05) is 13.8 Å². The van der Waals surface area contributed by atoms with E-state index >= 15 is 0 Å². The van der Waals surface area contributed by atoms with Crippen LogP contribution in [-0.2, 0) is 0 Å². The Labute approximate surface area is 116 Å². The smallest absolute Gasteiger partial charge is 0.434 e. The van der Waals surface area contributed by atoms with E-state index in [0.29, 0.717) is 0 Å². The van der Waals surface area contributed by atoms with Crippen molar-refractivity contribution >= 4 is 5.82 Å². The first-order valence-electron chi connectivity index (χ1n) is 5.81. The molecule has 120 valence electrons. The van der Waals surface area contributed by atoms with Crippen molar-refractivity contribution in [3.05, 3.63) is 11.9 Å². The third-order valence-corrected chi connectivity index (χ3v) is 2.49. The lowest BCUT2D eigenvalue weighted by Gasteiger charge is -2.25. The second-order valence-corrected chi connectivity index (χ2v) is 4.43. The van der Waals surface area contributed by atoms with E-state index in [0.717, 1.165) is 6.33 Å². The maximum Gasteiger partial charge on any atom is 0.434 e. The van der Waals surface area contributed by atoms with Gasteiger partial charge in [0, 0.05) is 7.05 Å². The minimum atomic E-state index is -5.60. The molecule has 0 atom stereocenters. The SMILES string of the molecule is CNc1ncnc(OC(C(F)(F)F)C(F)(F)F)c1C(C)C. The molecule has 21 heavy (non-hydrogen) atoms. The number of ether oxygens (including phenoxy) is 1. The van der Waals surface area contributed by atoms with E-state index in [4.69, 9.17) is 0 Å². The summed E-state index contributed by atoms with van der Waals surface area (Å²) in [5.41, 5.74) is 0.0403. The number of aromatic nitrogens is 2. The maximum absolute atomic E-state index is 12.5. The Kier molecular flexibility index (Phi) is 4.90. The zero-order chi connectivity index (χ0) is 16.4. The lowest BCUT2D eigenvalue weighted by molar-refractivity contribution is -0.300. The molecule has 0 radical (unpaired) electrons. The molecule has 1 rings (SSSR count). The Morgan fingerprint density at radius 3 is 1.95 bits per heavy atom. The van der Waals surface area contributed by atoms with E-state index in [9.17, 15) is 26.3 Å². The first kappa shape index (κ1) is 17.3. The lowest BCUT2D eigenvalue weighted by Crippen LogP contribution is -2.47.